The van der Waals surface area contributed by atoms with Crippen molar-refractivity contribution in [3.8, 4) is 0 Å². The maximum absolute atomic E-state index is 13.3. The molecule has 0 radical (unpaired) electrons. The SMILES string of the molecule is CCOC(=O)[C@]1(CN)[C@H](c2ccc(C)cc2)[C@H]1S(=O)(=O)c1ccc(Cl)cc1. The van der Waals surface area contributed by atoms with Crippen molar-refractivity contribution in [3.05, 3.63) is 64.7 Å². The van der Waals surface area contributed by atoms with Gasteiger partial charge in [-0.15, -0.1) is 0 Å². The van der Waals surface area contributed by atoms with E-state index in [1.54, 1.807) is 6.92 Å². The maximum Gasteiger partial charge on any atom is 0.315 e. The summed E-state index contributed by atoms with van der Waals surface area (Å²) in [7, 11) is -3.81. The molecule has 0 unspecified atom stereocenters. The highest BCUT2D eigenvalue weighted by atomic mass is 35.5. The Balaban J connectivity index is 2.10. The van der Waals surface area contributed by atoms with E-state index in [-0.39, 0.29) is 18.0 Å². The number of sulfone groups is 1. The molecule has 0 heterocycles. The lowest BCUT2D eigenvalue weighted by Crippen LogP contribution is -2.33. The van der Waals surface area contributed by atoms with Crippen LogP contribution in [0.3, 0.4) is 0 Å². The minimum Gasteiger partial charge on any atom is -0.465 e. The van der Waals surface area contributed by atoms with Gasteiger partial charge >= 0.3 is 5.97 Å². The molecular weight excluding hydrogens is 386 g/mol. The van der Waals surface area contributed by atoms with Crippen molar-refractivity contribution in [2.24, 2.45) is 11.1 Å². The molecule has 3 atom stereocenters. The van der Waals surface area contributed by atoms with Crippen molar-refractivity contribution < 1.29 is 17.9 Å². The molecule has 2 N–H and O–H groups in total. The second kappa shape index (κ2) is 7.26. The van der Waals surface area contributed by atoms with Gasteiger partial charge in [0.2, 0.25) is 0 Å². The van der Waals surface area contributed by atoms with Crippen LogP contribution in [0.15, 0.2) is 53.4 Å². The first kappa shape index (κ1) is 19.9. The normalized spacial score (nSPS) is 24.4. The summed E-state index contributed by atoms with van der Waals surface area (Å²) in [5.41, 5.74) is 6.49. The lowest BCUT2D eigenvalue weighted by molar-refractivity contribution is -0.149. The Morgan fingerprint density at radius 3 is 2.26 bits per heavy atom. The van der Waals surface area contributed by atoms with Gasteiger partial charge < -0.3 is 10.5 Å². The van der Waals surface area contributed by atoms with Gasteiger partial charge in [0.25, 0.3) is 0 Å². The van der Waals surface area contributed by atoms with Crippen molar-refractivity contribution in [2.45, 2.75) is 29.9 Å². The standard InChI is InChI=1S/C20H22ClNO4S/c1-3-26-19(23)20(12-22)17(14-6-4-13(2)5-7-14)18(20)27(24,25)16-10-8-15(21)9-11-16/h4-11,17-18H,3,12,22H2,1-2H3/t17-,18-,20-/m1/s1. The van der Waals surface area contributed by atoms with E-state index in [9.17, 15) is 13.2 Å². The predicted molar refractivity (Wildman–Crippen MR) is 104 cm³/mol. The Hall–Kier alpha value is -1.89. The van der Waals surface area contributed by atoms with Crippen molar-refractivity contribution in [2.75, 3.05) is 13.2 Å². The topological polar surface area (TPSA) is 86.5 Å². The molecule has 0 spiro atoms. The summed E-state index contributed by atoms with van der Waals surface area (Å²) in [5, 5.41) is -0.534. The van der Waals surface area contributed by atoms with Crippen LogP contribution in [0.25, 0.3) is 0 Å². The molecule has 2 aromatic rings. The highest BCUT2D eigenvalue weighted by Gasteiger charge is 2.75. The molecule has 1 saturated carbocycles. The van der Waals surface area contributed by atoms with Crippen molar-refractivity contribution >= 4 is 27.4 Å². The van der Waals surface area contributed by atoms with E-state index >= 15 is 0 Å². The highest BCUT2D eigenvalue weighted by Crippen LogP contribution is 2.64. The lowest BCUT2D eigenvalue weighted by Gasteiger charge is -2.14. The summed E-state index contributed by atoms with van der Waals surface area (Å²) in [6.07, 6.45) is 0. The summed E-state index contributed by atoms with van der Waals surface area (Å²) < 4.78 is 31.9. The summed E-state index contributed by atoms with van der Waals surface area (Å²) >= 11 is 5.88. The number of benzene rings is 2. The monoisotopic (exact) mass is 407 g/mol. The highest BCUT2D eigenvalue weighted by molar-refractivity contribution is 7.92. The van der Waals surface area contributed by atoms with Gasteiger partial charge in [-0.1, -0.05) is 41.4 Å². The van der Waals surface area contributed by atoms with E-state index in [0.717, 1.165) is 11.1 Å². The zero-order valence-electron chi connectivity index (χ0n) is 15.2. The van der Waals surface area contributed by atoms with Gasteiger partial charge in [0.15, 0.2) is 9.84 Å². The number of halogens is 1. The average molecular weight is 408 g/mol. The average Bonchev–Trinajstić information content (AvgIpc) is 3.34. The van der Waals surface area contributed by atoms with Gasteiger partial charge in [0.05, 0.1) is 16.8 Å². The number of carbonyl (C=O) groups excluding carboxylic acids is 1. The minimum atomic E-state index is -3.81. The Kier molecular flexibility index (Phi) is 5.34. The molecule has 1 fully saturated rings. The molecule has 0 amide bonds. The van der Waals surface area contributed by atoms with Crippen LogP contribution in [0.1, 0.15) is 24.0 Å². The molecule has 27 heavy (non-hydrogen) atoms. The van der Waals surface area contributed by atoms with Crippen LogP contribution in [0.4, 0.5) is 0 Å². The fourth-order valence-electron chi connectivity index (χ4n) is 3.71. The molecule has 1 aliphatic rings. The predicted octanol–water partition coefficient (Wildman–Crippen LogP) is 3.10. The van der Waals surface area contributed by atoms with Gasteiger partial charge in [-0.3, -0.25) is 4.79 Å². The van der Waals surface area contributed by atoms with Gasteiger partial charge in [-0.25, -0.2) is 8.42 Å². The molecular formula is C20H22ClNO4S. The fraction of sp³-hybridized carbons (Fsp3) is 0.350. The number of nitrogens with two attached hydrogens (primary N) is 1. The second-order valence-electron chi connectivity index (χ2n) is 6.77. The molecule has 5 nitrogen and oxygen atoms in total. The first-order valence-electron chi connectivity index (χ1n) is 8.72. The van der Waals surface area contributed by atoms with Gasteiger partial charge in [-0.2, -0.15) is 0 Å². The molecule has 3 rings (SSSR count). The van der Waals surface area contributed by atoms with E-state index in [2.05, 4.69) is 0 Å². The van der Waals surface area contributed by atoms with Crippen LogP contribution >= 0.6 is 11.6 Å². The zero-order chi connectivity index (χ0) is 19.8. The molecule has 1 aliphatic carbocycles. The summed E-state index contributed by atoms with van der Waals surface area (Å²) in [5.74, 6) is -1.12. The molecule has 7 heteroatoms. The van der Waals surface area contributed by atoms with Crippen molar-refractivity contribution in [1.82, 2.24) is 0 Å². The minimum absolute atomic E-state index is 0.109. The number of hydrogen-bond acceptors (Lipinski definition) is 5. The molecule has 0 aromatic heterocycles. The number of esters is 1. The lowest BCUT2D eigenvalue weighted by atomic mass is 9.98. The summed E-state index contributed by atoms with van der Waals surface area (Å²) in [6, 6.07) is 13.4. The number of ether oxygens (including phenoxy) is 1. The van der Waals surface area contributed by atoms with Crippen LogP contribution in [0.5, 0.6) is 0 Å². The zero-order valence-corrected chi connectivity index (χ0v) is 16.8. The van der Waals surface area contributed by atoms with E-state index in [1.165, 1.54) is 24.3 Å². The quantitative estimate of drug-likeness (QED) is 0.743. The van der Waals surface area contributed by atoms with E-state index in [4.69, 9.17) is 22.1 Å². The van der Waals surface area contributed by atoms with E-state index < -0.39 is 32.4 Å². The number of carbonyl (C=O) groups is 1. The number of rotatable bonds is 6. The van der Waals surface area contributed by atoms with Crippen LogP contribution in [0, 0.1) is 12.3 Å². The van der Waals surface area contributed by atoms with Crippen LogP contribution < -0.4 is 5.73 Å². The first-order valence-corrected chi connectivity index (χ1v) is 10.6. The molecule has 0 aliphatic heterocycles. The number of hydrogen-bond donors (Lipinski definition) is 1. The Labute approximate surface area is 164 Å². The third kappa shape index (κ3) is 3.26. The van der Waals surface area contributed by atoms with Gasteiger partial charge in [-0.05, 0) is 43.7 Å². The smallest absolute Gasteiger partial charge is 0.315 e. The van der Waals surface area contributed by atoms with E-state index in [1.807, 2.05) is 31.2 Å². The van der Waals surface area contributed by atoms with Crippen LogP contribution in [-0.2, 0) is 19.4 Å². The molecule has 0 bridgehead atoms. The Morgan fingerprint density at radius 2 is 1.74 bits per heavy atom. The second-order valence-corrected chi connectivity index (χ2v) is 9.28. The Morgan fingerprint density at radius 1 is 1.15 bits per heavy atom. The molecule has 2 aromatic carbocycles. The van der Waals surface area contributed by atoms with Gasteiger partial charge in [0, 0.05) is 17.5 Å². The third-order valence-electron chi connectivity index (χ3n) is 5.16. The largest absolute Gasteiger partial charge is 0.465 e. The first-order chi connectivity index (χ1) is 12.8. The van der Waals surface area contributed by atoms with Crippen molar-refractivity contribution in [3.63, 3.8) is 0 Å². The van der Waals surface area contributed by atoms with E-state index in [0.29, 0.717) is 5.02 Å². The maximum atomic E-state index is 13.3. The molecule has 144 valence electrons. The fourth-order valence-corrected chi connectivity index (χ4v) is 6.22. The van der Waals surface area contributed by atoms with Crippen LogP contribution in [0.2, 0.25) is 5.02 Å². The van der Waals surface area contributed by atoms with Crippen LogP contribution in [-0.4, -0.2) is 32.8 Å². The third-order valence-corrected chi connectivity index (χ3v) is 7.71. The summed E-state index contributed by atoms with van der Waals surface area (Å²) in [4.78, 5) is 12.9. The summed E-state index contributed by atoms with van der Waals surface area (Å²) in [6.45, 7) is 3.69. The Bertz CT molecular complexity index is 941. The van der Waals surface area contributed by atoms with Gasteiger partial charge in [0.1, 0.15) is 5.41 Å². The molecule has 0 saturated heterocycles. The van der Waals surface area contributed by atoms with Crippen molar-refractivity contribution in [1.29, 1.82) is 0 Å². The number of aryl methyl sites for hydroxylation is 1.